The fraction of sp³-hybridized carbons (Fsp3) is 0.0500. The predicted octanol–water partition coefficient (Wildman–Crippen LogP) is 4.38. The number of carbonyl (C=O) groups is 1. The third-order valence-electron chi connectivity index (χ3n) is 4.35. The lowest BCUT2D eigenvalue weighted by molar-refractivity contribution is 0.101. The quantitative estimate of drug-likeness (QED) is 0.383. The number of benzene rings is 3. The van der Waals surface area contributed by atoms with E-state index in [9.17, 15) is 26.7 Å². The highest BCUT2D eigenvalue weighted by Gasteiger charge is 2.30. The molecule has 0 aliphatic carbocycles. The highest BCUT2D eigenvalue weighted by molar-refractivity contribution is 6.05. The summed E-state index contributed by atoms with van der Waals surface area (Å²) in [5.41, 5.74) is -0.238. The summed E-state index contributed by atoms with van der Waals surface area (Å²) in [4.78, 5) is 13.5. The minimum atomic E-state index is -1.89. The summed E-state index contributed by atoms with van der Waals surface area (Å²) in [7, 11) is 0.828. The van der Waals surface area contributed by atoms with Crippen molar-refractivity contribution in [2.24, 2.45) is 0 Å². The maximum Gasteiger partial charge on any atom is 0.261 e. The van der Waals surface area contributed by atoms with E-state index in [1.165, 1.54) is 47.3 Å². The van der Waals surface area contributed by atoms with Gasteiger partial charge in [-0.3, -0.25) is 4.79 Å². The van der Waals surface area contributed by atoms with E-state index in [1.54, 1.807) is 0 Å². The van der Waals surface area contributed by atoms with E-state index in [-0.39, 0.29) is 11.2 Å². The van der Waals surface area contributed by atoms with Crippen molar-refractivity contribution in [3.8, 4) is 11.4 Å². The number of nitrogens with zero attached hydrogens (tertiary/aromatic N) is 3. The number of hydrogen-bond acceptors (Lipinski definition) is 4. The Bertz CT molecular complexity index is 1290. The summed E-state index contributed by atoms with van der Waals surface area (Å²) in [6.45, 7) is 0. The zero-order valence-electron chi connectivity index (χ0n) is 15.6. The van der Waals surface area contributed by atoms with Crippen molar-refractivity contribution in [2.45, 2.75) is 0 Å². The SMILES string of the molecule is COc1c(F)c(F)c(C(=O)Nc2ccc3nn(-c4ccc(F)cc4)nc3c2)c(F)c1F. The van der Waals surface area contributed by atoms with Crippen molar-refractivity contribution >= 4 is 22.6 Å². The summed E-state index contributed by atoms with van der Waals surface area (Å²) in [5.74, 6) is -10.6. The summed E-state index contributed by atoms with van der Waals surface area (Å²) in [6.07, 6.45) is 0. The smallest absolute Gasteiger partial charge is 0.261 e. The predicted molar refractivity (Wildman–Crippen MR) is 99.6 cm³/mol. The number of carbonyl (C=O) groups excluding carboxylic acids is 1. The number of amides is 1. The van der Waals surface area contributed by atoms with Gasteiger partial charge in [0.15, 0.2) is 17.4 Å². The van der Waals surface area contributed by atoms with Crippen LogP contribution in [0.5, 0.6) is 5.75 Å². The van der Waals surface area contributed by atoms with Crippen molar-refractivity contribution in [1.82, 2.24) is 15.0 Å². The lowest BCUT2D eigenvalue weighted by Crippen LogP contribution is -2.18. The lowest BCUT2D eigenvalue weighted by atomic mass is 10.1. The number of nitrogens with one attached hydrogen (secondary N) is 1. The first kappa shape index (κ1) is 20.3. The molecule has 158 valence electrons. The lowest BCUT2D eigenvalue weighted by Gasteiger charge is -2.11. The zero-order chi connectivity index (χ0) is 22.3. The van der Waals surface area contributed by atoms with Gasteiger partial charge in [0.1, 0.15) is 22.4 Å². The normalized spacial score (nSPS) is 11.0. The first-order chi connectivity index (χ1) is 14.8. The molecule has 0 atom stereocenters. The Kier molecular flexibility index (Phi) is 5.01. The maximum atomic E-state index is 14.1. The number of hydrogen-bond donors (Lipinski definition) is 1. The molecule has 1 N–H and O–H groups in total. The van der Waals surface area contributed by atoms with Gasteiger partial charge in [0.2, 0.25) is 11.6 Å². The molecule has 0 aliphatic heterocycles. The molecule has 0 unspecified atom stereocenters. The van der Waals surface area contributed by atoms with Crippen molar-refractivity contribution in [3.05, 3.63) is 77.1 Å². The topological polar surface area (TPSA) is 69.0 Å². The molecule has 0 saturated heterocycles. The number of halogens is 5. The number of ether oxygens (including phenoxy) is 1. The third-order valence-corrected chi connectivity index (χ3v) is 4.35. The molecule has 1 amide bonds. The maximum absolute atomic E-state index is 14.1. The van der Waals surface area contributed by atoms with Gasteiger partial charge in [-0.25, -0.2) is 13.2 Å². The summed E-state index contributed by atoms with van der Waals surface area (Å²) in [6, 6.07) is 9.52. The van der Waals surface area contributed by atoms with E-state index < -0.39 is 46.3 Å². The first-order valence-electron chi connectivity index (χ1n) is 8.64. The van der Waals surface area contributed by atoms with Gasteiger partial charge in [0.05, 0.1) is 12.8 Å². The molecule has 6 nitrogen and oxygen atoms in total. The van der Waals surface area contributed by atoms with Crippen LogP contribution in [0, 0.1) is 29.1 Å². The summed E-state index contributed by atoms with van der Waals surface area (Å²) in [5, 5.41) is 10.5. The highest BCUT2D eigenvalue weighted by atomic mass is 19.2. The summed E-state index contributed by atoms with van der Waals surface area (Å²) < 4.78 is 73.4. The molecule has 0 radical (unpaired) electrons. The number of fused-ring (bicyclic) bond motifs is 1. The number of aromatic nitrogens is 3. The summed E-state index contributed by atoms with van der Waals surface area (Å²) >= 11 is 0. The Morgan fingerprint density at radius 3 is 2.10 bits per heavy atom. The molecule has 0 bridgehead atoms. The molecular weight excluding hydrogens is 423 g/mol. The van der Waals surface area contributed by atoms with Crippen LogP contribution in [0.3, 0.4) is 0 Å². The van der Waals surface area contributed by atoms with E-state index in [4.69, 9.17) is 0 Å². The van der Waals surface area contributed by atoms with Crippen LogP contribution in [-0.2, 0) is 0 Å². The van der Waals surface area contributed by atoms with Gasteiger partial charge in [-0.2, -0.15) is 13.6 Å². The van der Waals surface area contributed by atoms with E-state index in [1.807, 2.05) is 0 Å². The second kappa shape index (κ2) is 7.67. The van der Waals surface area contributed by atoms with Crippen LogP contribution >= 0.6 is 0 Å². The minimum Gasteiger partial charge on any atom is -0.491 e. The largest absolute Gasteiger partial charge is 0.491 e. The molecule has 4 rings (SSSR count). The standard InChI is InChI=1S/C20H11F5N4O2/c1-31-19-17(24)15(22)14(16(23)18(19)25)20(30)26-10-4-7-12-13(8-10)28-29(27-12)11-5-2-9(21)3-6-11/h2-8H,1H3,(H,26,30). The molecule has 1 aromatic heterocycles. The third kappa shape index (κ3) is 3.54. The van der Waals surface area contributed by atoms with Gasteiger partial charge in [-0.05, 0) is 42.5 Å². The molecule has 11 heteroatoms. The van der Waals surface area contributed by atoms with Crippen molar-refractivity contribution in [1.29, 1.82) is 0 Å². The fourth-order valence-electron chi connectivity index (χ4n) is 2.87. The molecular formula is C20H11F5N4O2. The minimum absolute atomic E-state index is 0.0408. The Labute approximate surface area is 170 Å². The molecule has 1 heterocycles. The zero-order valence-corrected chi connectivity index (χ0v) is 15.6. The van der Waals surface area contributed by atoms with Gasteiger partial charge in [0, 0.05) is 5.69 Å². The second-order valence-electron chi connectivity index (χ2n) is 6.29. The average molecular weight is 434 g/mol. The van der Waals surface area contributed by atoms with Gasteiger partial charge in [-0.15, -0.1) is 10.2 Å². The van der Waals surface area contributed by atoms with Crippen LogP contribution in [0.2, 0.25) is 0 Å². The van der Waals surface area contributed by atoms with E-state index >= 15 is 0 Å². The van der Waals surface area contributed by atoms with Gasteiger partial charge in [-0.1, -0.05) is 0 Å². The van der Waals surface area contributed by atoms with Crippen LogP contribution in [0.15, 0.2) is 42.5 Å². The van der Waals surface area contributed by atoms with E-state index in [0.29, 0.717) is 11.2 Å². The number of methoxy groups -OCH3 is 1. The molecule has 4 aromatic rings. The Morgan fingerprint density at radius 2 is 1.48 bits per heavy atom. The molecule has 3 aromatic carbocycles. The molecule has 31 heavy (non-hydrogen) atoms. The highest BCUT2D eigenvalue weighted by Crippen LogP contribution is 2.30. The Balaban J connectivity index is 1.66. The van der Waals surface area contributed by atoms with Crippen molar-refractivity contribution in [3.63, 3.8) is 0 Å². The number of anilines is 1. The monoisotopic (exact) mass is 434 g/mol. The van der Waals surface area contributed by atoms with Crippen LogP contribution in [0.4, 0.5) is 27.6 Å². The van der Waals surface area contributed by atoms with Gasteiger partial charge < -0.3 is 10.1 Å². The van der Waals surface area contributed by atoms with Gasteiger partial charge in [0.25, 0.3) is 5.91 Å². The number of rotatable bonds is 4. The van der Waals surface area contributed by atoms with Crippen LogP contribution < -0.4 is 10.1 Å². The van der Waals surface area contributed by atoms with Gasteiger partial charge >= 0.3 is 0 Å². The molecule has 0 aliphatic rings. The average Bonchev–Trinajstić information content (AvgIpc) is 3.17. The Morgan fingerprint density at radius 1 is 0.871 bits per heavy atom. The van der Waals surface area contributed by atoms with Crippen LogP contribution in [0.25, 0.3) is 16.7 Å². The molecule has 0 fully saturated rings. The second-order valence-corrected chi connectivity index (χ2v) is 6.29. The van der Waals surface area contributed by atoms with E-state index in [2.05, 4.69) is 20.3 Å². The molecule has 0 saturated carbocycles. The first-order valence-corrected chi connectivity index (χ1v) is 8.64. The van der Waals surface area contributed by atoms with E-state index in [0.717, 1.165) is 7.11 Å². The van der Waals surface area contributed by atoms with Crippen molar-refractivity contribution < 1.29 is 31.5 Å². The van der Waals surface area contributed by atoms with Crippen LogP contribution in [-0.4, -0.2) is 28.0 Å². The van der Waals surface area contributed by atoms with Crippen LogP contribution in [0.1, 0.15) is 10.4 Å². The van der Waals surface area contributed by atoms with Crippen molar-refractivity contribution in [2.75, 3.05) is 12.4 Å². The fourth-order valence-corrected chi connectivity index (χ4v) is 2.87. The Hall–Kier alpha value is -4.02. The molecule has 0 spiro atoms.